The van der Waals surface area contributed by atoms with E-state index in [-0.39, 0.29) is 28.8 Å². The Bertz CT molecular complexity index is 53.7. The van der Waals surface area contributed by atoms with Gasteiger partial charge in [-0.15, -0.1) is 0 Å². The van der Waals surface area contributed by atoms with E-state index in [1.165, 1.54) is 0 Å². The van der Waals surface area contributed by atoms with E-state index >= 15 is 0 Å². The summed E-state index contributed by atoms with van der Waals surface area (Å²) in [6, 6.07) is 0. The van der Waals surface area contributed by atoms with E-state index in [1.54, 1.807) is 6.92 Å². The predicted octanol–water partition coefficient (Wildman–Crippen LogP) is -0.466. The second kappa shape index (κ2) is 6.21. The Hall–Kier alpha value is 0.210. The summed E-state index contributed by atoms with van der Waals surface area (Å²) < 4.78 is 0. The summed E-state index contributed by atoms with van der Waals surface area (Å²) in [4.78, 5) is 9.49. The van der Waals surface area contributed by atoms with Gasteiger partial charge in [0.05, 0.1) is 0 Å². The van der Waals surface area contributed by atoms with Crippen LogP contribution in [0.3, 0.4) is 0 Å². The minimum Gasteiger partial charge on any atom is -0.550 e. The van der Waals surface area contributed by atoms with Gasteiger partial charge in [-0.05, 0) is 6.42 Å². The SMILES string of the molecule is CCCC(=O)[O-].[Ag+]. The Morgan fingerprint density at radius 1 is 1.71 bits per heavy atom. The predicted molar refractivity (Wildman–Crippen MR) is 19.9 cm³/mol. The van der Waals surface area contributed by atoms with Crippen LogP contribution < -0.4 is 5.11 Å². The number of rotatable bonds is 2. The molecule has 0 unspecified atom stereocenters. The molecule has 0 rings (SSSR count). The zero-order chi connectivity index (χ0) is 4.99. The fourth-order valence-electron chi connectivity index (χ4n) is 0.204. The van der Waals surface area contributed by atoms with Crippen molar-refractivity contribution in [2.45, 2.75) is 19.8 Å². The van der Waals surface area contributed by atoms with E-state index in [2.05, 4.69) is 0 Å². The largest absolute Gasteiger partial charge is 1.00 e. The zero-order valence-electron chi connectivity index (χ0n) is 4.03. The van der Waals surface area contributed by atoms with E-state index in [9.17, 15) is 9.90 Å². The summed E-state index contributed by atoms with van der Waals surface area (Å²) in [5.74, 6) is -0.961. The maximum absolute atomic E-state index is 9.49. The third kappa shape index (κ3) is 10.7. The first-order valence-electron chi connectivity index (χ1n) is 1.97. The van der Waals surface area contributed by atoms with Crippen molar-refractivity contribution in [2.75, 3.05) is 0 Å². The topological polar surface area (TPSA) is 40.1 Å². The van der Waals surface area contributed by atoms with Crippen LogP contribution in [0, 0.1) is 0 Å². The standard InChI is InChI=1S/C4H8O2.Ag/c1-2-3-4(5)6;/h2-3H2,1H3,(H,5,6);/q;+1/p-1. The van der Waals surface area contributed by atoms with Gasteiger partial charge in [-0.25, -0.2) is 0 Å². The number of carboxylic acid groups (broad SMARTS) is 1. The number of aliphatic carboxylic acids is 1. The number of carbonyl (C=O) groups excluding carboxylic acids is 1. The van der Waals surface area contributed by atoms with Crippen LogP contribution in [0.15, 0.2) is 0 Å². The molecule has 0 saturated carbocycles. The summed E-state index contributed by atoms with van der Waals surface area (Å²) in [5, 5.41) is 9.49. The molecule has 0 radical (unpaired) electrons. The molecule has 0 spiro atoms. The first-order valence-corrected chi connectivity index (χ1v) is 1.97. The molecule has 0 aliphatic rings. The molecule has 0 heterocycles. The van der Waals surface area contributed by atoms with Crippen molar-refractivity contribution < 1.29 is 32.3 Å². The van der Waals surface area contributed by atoms with E-state index in [0.29, 0.717) is 6.42 Å². The van der Waals surface area contributed by atoms with Crippen LogP contribution in [0.1, 0.15) is 19.8 Å². The van der Waals surface area contributed by atoms with Gasteiger partial charge in [0.1, 0.15) is 0 Å². The molecule has 0 aliphatic carbocycles. The van der Waals surface area contributed by atoms with Gasteiger partial charge in [-0.1, -0.05) is 13.3 Å². The molecular weight excluding hydrogens is 188 g/mol. The summed E-state index contributed by atoms with van der Waals surface area (Å²) in [6.45, 7) is 1.80. The van der Waals surface area contributed by atoms with Gasteiger partial charge in [0.2, 0.25) is 0 Å². The molecule has 0 aromatic heterocycles. The van der Waals surface area contributed by atoms with Crippen molar-refractivity contribution >= 4 is 5.97 Å². The van der Waals surface area contributed by atoms with Crippen molar-refractivity contribution in [3.8, 4) is 0 Å². The van der Waals surface area contributed by atoms with Gasteiger partial charge in [0.15, 0.2) is 0 Å². The minimum atomic E-state index is -0.961. The summed E-state index contributed by atoms with van der Waals surface area (Å²) >= 11 is 0. The van der Waals surface area contributed by atoms with Crippen LogP contribution in [0.4, 0.5) is 0 Å². The van der Waals surface area contributed by atoms with Crippen molar-refractivity contribution in [1.82, 2.24) is 0 Å². The smallest absolute Gasteiger partial charge is 0.550 e. The van der Waals surface area contributed by atoms with Gasteiger partial charge in [0, 0.05) is 5.97 Å². The van der Waals surface area contributed by atoms with Crippen LogP contribution in [0.2, 0.25) is 0 Å². The van der Waals surface area contributed by atoms with Crippen LogP contribution in [0.25, 0.3) is 0 Å². The molecule has 46 valence electrons. The molecular formula is C4H7AgO2. The molecule has 0 atom stereocenters. The van der Waals surface area contributed by atoms with Gasteiger partial charge in [-0.3, -0.25) is 0 Å². The van der Waals surface area contributed by atoms with Crippen LogP contribution in [-0.4, -0.2) is 5.97 Å². The molecule has 0 saturated heterocycles. The number of hydrogen-bond acceptors (Lipinski definition) is 2. The first kappa shape index (κ1) is 10.2. The molecule has 0 aromatic rings. The Kier molecular flexibility index (Phi) is 9.09. The summed E-state index contributed by atoms with van der Waals surface area (Å²) in [5.41, 5.74) is 0. The Labute approximate surface area is 58.4 Å². The average Bonchev–Trinajstić information content (AvgIpc) is 1.35. The van der Waals surface area contributed by atoms with Gasteiger partial charge in [-0.2, -0.15) is 0 Å². The number of carboxylic acids is 1. The quantitative estimate of drug-likeness (QED) is 0.559. The second-order valence-electron chi connectivity index (χ2n) is 1.12. The van der Waals surface area contributed by atoms with Crippen molar-refractivity contribution in [2.24, 2.45) is 0 Å². The fraction of sp³-hybridized carbons (Fsp3) is 0.750. The average molecular weight is 195 g/mol. The fourth-order valence-corrected chi connectivity index (χ4v) is 0.204. The molecule has 3 heteroatoms. The van der Waals surface area contributed by atoms with Crippen LogP contribution in [-0.2, 0) is 27.2 Å². The Morgan fingerprint density at radius 3 is 2.14 bits per heavy atom. The van der Waals surface area contributed by atoms with Crippen LogP contribution in [0.5, 0.6) is 0 Å². The molecule has 0 N–H and O–H groups in total. The summed E-state index contributed by atoms with van der Waals surface area (Å²) in [7, 11) is 0. The molecule has 0 amide bonds. The van der Waals surface area contributed by atoms with E-state index in [0.717, 1.165) is 0 Å². The molecule has 0 bridgehead atoms. The van der Waals surface area contributed by atoms with Gasteiger partial charge < -0.3 is 9.90 Å². The monoisotopic (exact) mass is 194 g/mol. The van der Waals surface area contributed by atoms with E-state index < -0.39 is 5.97 Å². The van der Waals surface area contributed by atoms with Crippen molar-refractivity contribution in [3.63, 3.8) is 0 Å². The van der Waals surface area contributed by atoms with Gasteiger partial charge >= 0.3 is 22.4 Å². The van der Waals surface area contributed by atoms with Gasteiger partial charge in [0.25, 0.3) is 0 Å². The Balaban J connectivity index is 0. The van der Waals surface area contributed by atoms with E-state index in [1.807, 2.05) is 0 Å². The minimum absolute atomic E-state index is 0. The maximum atomic E-state index is 9.49. The van der Waals surface area contributed by atoms with Crippen molar-refractivity contribution in [1.29, 1.82) is 0 Å². The van der Waals surface area contributed by atoms with Crippen molar-refractivity contribution in [3.05, 3.63) is 0 Å². The third-order valence-electron chi connectivity index (χ3n) is 0.454. The summed E-state index contributed by atoms with van der Waals surface area (Å²) in [6.07, 6.45) is 0.850. The second-order valence-corrected chi connectivity index (χ2v) is 1.12. The van der Waals surface area contributed by atoms with Crippen LogP contribution >= 0.6 is 0 Å². The molecule has 0 aromatic carbocycles. The maximum Gasteiger partial charge on any atom is 1.00 e. The Morgan fingerprint density at radius 2 is 2.14 bits per heavy atom. The number of hydrogen-bond donors (Lipinski definition) is 0. The molecule has 2 nitrogen and oxygen atoms in total. The molecule has 7 heavy (non-hydrogen) atoms. The normalized spacial score (nSPS) is 7.00. The molecule has 0 fully saturated rings. The third-order valence-corrected chi connectivity index (χ3v) is 0.454. The first-order chi connectivity index (χ1) is 2.77. The van der Waals surface area contributed by atoms with E-state index in [4.69, 9.17) is 0 Å². The molecule has 0 aliphatic heterocycles. The zero-order valence-corrected chi connectivity index (χ0v) is 5.51. The number of carbonyl (C=O) groups is 1.